The van der Waals surface area contributed by atoms with E-state index in [1.165, 1.54) is 18.2 Å². The predicted molar refractivity (Wildman–Crippen MR) is 113 cm³/mol. The van der Waals surface area contributed by atoms with E-state index in [1.54, 1.807) is 36.7 Å². The number of carbonyl (C=O) groups excluding carboxylic acids is 1. The van der Waals surface area contributed by atoms with Crippen molar-refractivity contribution in [2.75, 3.05) is 5.32 Å². The number of anilines is 1. The first-order valence-corrected chi connectivity index (χ1v) is 9.54. The third kappa shape index (κ3) is 4.53. The summed E-state index contributed by atoms with van der Waals surface area (Å²) in [6, 6.07) is 9.00. The lowest BCUT2D eigenvalue weighted by Gasteiger charge is -2.09. The summed E-state index contributed by atoms with van der Waals surface area (Å²) in [5, 5.41) is 19.6. The van der Waals surface area contributed by atoms with Crippen LogP contribution >= 0.6 is 34.8 Å². The minimum Gasteiger partial charge on any atom is -0.319 e. The van der Waals surface area contributed by atoms with Gasteiger partial charge in [-0.2, -0.15) is 5.10 Å². The molecule has 0 fully saturated rings. The molecule has 1 N–H and O–H groups in total. The number of halogens is 3. The van der Waals surface area contributed by atoms with Gasteiger partial charge in [-0.25, -0.2) is 0 Å². The van der Waals surface area contributed by atoms with Crippen LogP contribution in [-0.4, -0.2) is 20.6 Å². The van der Waals surface area contributed by atoms with Crippen LogP contribution in [0.4, 0.5) is 11.4 Å². The minimum absolute atomic E-state index is 0.130. The molecule has 0 saturated heterocycles. The summed E-state index contributed by atoms with van der Waals surface area (Å²) in [4.78, 5) is 23.3. The molecule has 3 aromatic rings. The molecule has 0 saturated carbocycles. The molecule has 10 heteroatoms. The minimum atomic E-state index is -0.644. The van der Waals surface area contributed by atoms with Crippen LogP contribution in [-0.2, 0) is 6.54 Å². The van der Waals surface area contributed by atoms with Gasteiger partial charge in [-0.3, -0.25) is 19.6 Å². The normalized spacial score (nSPS) is 10.8. The molecule has 2 aromatic carbocycles. The van der Waals surface area contributed by atoms with Gasteiger partial charge in [0.05, 0.1) is 28.5 Å². The van der Waals surface area contributed by atoms with Crippen LogP contribution < -0.4 is 5.32 Å². The topological polar surface area (TPSA) is 90.1 Å². The number of hydrogen-bond donors (Lipinski definition) is 1. The molecule has 3 rings (SSSR count). The second-order valence-electron chi connectivity index (χ2n) is 6.31. The van der Waals surface area contributed by atoms with E-state index < -0.39 is 10.8 Å². The predicted octanol–water partition coefficient (Wildman–Crippen LogP) is 5.67. The van der Waals surface area contributed by atoms with Crippen LogP contribution in [0.5, 0.6) is 0 Å². The van der Waals surface area contributed by atoms with Crippen LogP contribution in [0.3, 0.4) is 0 Å². The van der Waals surface area contributed by atoms with Gasteiger partial charge in [0.15, 0.2) is 0 Å². The average Bonchev–Trinajstić information content (AvgIpc) is 2.91. The first kappa shape index (κ1) is 21.1. The molecule has 1 amide bonds. The van der Waals surface area contributed by atoms with E-state index in [4.69, 9.17) is 34.8 Å². The van der Waals surface area contributed by atoms with Crippen molar-refractivity contribution in [3.05, 3.63) is 84.1 Å². The molecule has 0 atom stereocenters. The molecule has 0 spiro atoms. The average molecular weight is 454 g/mol. The summed E-state index contributed by atoms with van der Waals surface area (Å²) in [6.07, 6.45) is 0. The van der Waals surface area contributed by atoms with E-state index in [0.29, 0.717) is 33.7 Å². The second kappa shape index (κ2) is 8.41. The van der Waals surface area contributed by atoms with Gasteiger partial charge in [0, 0.05) is 21.1 Å². The summed E-state index contributed by atoms with van der Waals surface area (Å²) >= 11 is 18.1. The zero-order valence-corrected chi connectivity index (χ0v) is 17.6. The van der Waals surface area contributed by atoms with Gasteiger partial charge in [0.2, 0.25) is 0 Å². The number of nitrogens with zero attached hydrogens (tertiary/aromatic N) is 3. The molecule has 0 aliphatic carbocycles. The fraction of sp³-hybridized carbons (Fsp3) is 0.158. The summed E-state index contributed by atoms with van der Waals surface area (Å²) < 4.78 is 1.69. The third-order valence-corrected chi connectivity index (χ3v) is 5.18. The lowest BCUT2D eigenvalue weighted by molar-refractivity contribution is -0.385. The fourth-order valence-electron chi connectivity index (χ4n) is 2.87. The van der Waals surface area contributed by atoms with Crippen molar-refractivity contribution in [3.63, 3.8) is 0 Å². The molecule has 1 heterocycles. The Balaban J connectivity index is 1.90. The second-order valence-corrected chi connectivity index (χ2v) is 7.59. The molecule has 0 aliphatic heterocycles. The molecule has 7 nitrogen and oxygen atoms in total. The standard InChI is InChI=1S/C19H15Cl3N4O3/c1-10-18(23-19(27)15-7-13(20)5-6-17(15)26(28)29)11(2)25(24-10)9-12-3-4-14(21)8-16(12)22/h3-8H,9H2,1-2H3,(H,23,27). The maximum absolute atomic E-state index is 12.7. The van der Waals surface area contributed by atoms with Gasteiger partial charge in [-0.05, 0) is 43.7 Å². The van der Waals surface area contributed by atoms with Gasteiger partial charge < -0.3 is 5.32 Å². The maximum Gasteiger partial charge on any atom is 0.282 e. The highest BCUT2D eigenvalue weighted by Crippen LogP contribution is 2.27. The number of rotatable bonds is 5. The van der Waals surface area contributed by atoms with Crippen molar-refractivity contribution in [2.45, 2.75) is 20.4 Å². The number of aromatic nitrogens is 2. The van der Waals surface area contributed by atoms with Crippen molar-refractivity contribution in [1.82, 2.24) is 9.78 Å². The lowest BCUT2D eigenvalue weighted by atomic mass is 10.1. The van der Waals surface area contributed by atoms with E-state index in [-0.39, 0.29) is 16.3 Å². The molecular weight excluding hydrogens is 439 g/mol. The number of nitro groups is 1. The van der Waals surface area contributed by atoms with Gasteiger partial charge in [-0.15, -0.1) is 0 Å². The van der Waals surface area contributed by atoms with Crippen molar-refractivity contribution in [2.24, 2.45) is 0 Å². The molecule has 0 unspecified atom stereocenters. The van der Waals surface area contributed by atoms with Gasteiger partial charge in [0.1, 0.15) is 5.56 Å². The third-order valence-electron chi connectivity index (χ3n) is 4.36. The van der Waals surface area contributed by atoms with Gasteiger partial charge in [-0.1, -0.05) is 40.9 Å². The number of nitro benzene ring substituents is 1. The van der Waals surface area contributed by atoms with Crippen molar-refractivity contribution < 1.29 is 9.72 Å². The number of hydrogen-bond acceptors (Lipinski definition) is 4. The Hall–Kier alpha value is -2.61. The van der Waals surface area contributed by atoms with Gasteiger partial charge >= 0.3 is 0 Å². The van der Waals surface area contributed by atoms with Gasteiger partial charge in [0.25, 0.3) is 11.6 Å². The van der Waals surface area contributed by atoms with Crippen LogP contribution in [0, 0.1) is 24.0 Å². The monoisotopic (exact) mass is 452 g/mol. The fourth-order valence-corrected chi connectivity index (χ4v) is 3.51. The van der Waals surface area contributed by atoms with Crippen LogP contribution in [0.1, 0.15) is 27.3 Å². The number of benzene rings is 2. The van der Waals surface area contributed by atoms with E-state index in [1.807, 2.05) is 0 Å². The van der Waals surface area contributed by atoms with E-state index in [2.05, 4.69) is 10.4 Å². The molecule has 0 radical (unpaired) electrons. The number of carbonyl (C=O) groups is 1. The first-order valence-electron chi connectivity index (χ1n) is 8.40. The highest BCUT2D eigenvalue weighted by Gasteiger charge is 2.23. The smallest absolute Gasteiger partial charge is 0.282 e. The van der Waals surface area contributed by atoms with Crippen LogP contribution in [0.15, 0.2) is 36.4 Å². The maximum atomic E-state index is 12.7. The van der Waals surface area contributed by atoms with Crippen molar-refractivity contribution in [3.8, 4) is 0 Å². The summed E-state index contributed by atoms with van der Waals surface area (Å²) in [6.45, 7) is 3.89. The summed E-state index contributed by atoms with van der Waals surface area (Å²) in [7, 11) is 0. The Kier molecular flexibility index (Phi) is 6.12. The molecule has 1 aromatic heterocycles. The summed E-state index contributed by atoms with van der Waals surface area (Å²) in [5.41, 5.74) is 2.05. The zero-order chi connectivity index (χ0) is 21.3. The van der Waals surface area contributed by atoms with Crippen LogP contribution in [0.2, 0.25) is 15.1 Å². The Morgan fingerprint density at radius 2 is 1.79 bits per heavy atom. The molecule has 29 heavy (non-hydrogen) atoms. The Morgan fingerprint density at radius 1 is 1.14 bits per heavy atom. The molecule has 0 aliphatic rings. The quantitative estimate of drug-likeness (QED) is 0.398. The zero-order valence-electron chi connectivity index (χ0n) is 15.4. The Labute approximate surface area is 181 Å². The molecule has 0 bridgehead atoms. The SMILES string of the molecule is Cc1nn(Cc2ccc(Cl)cc2Cl)c(C)c1NC(=O)c1cc(Cl)ccc1[N+](=O)[O-]. The molecular formula is C19H15Cl3N4O3. The molecule has 150 valence electrons. The lowest BCUT2D eigenvalue weighted by Crippen LogP contribution is -2.15. The van der Waals surface area contributed by atoms with E-state index in [0.717, 1.165) is 5.56 Å². The van der Waals surface area contributed by atoms with E-state index >= 15 is 0 Å². The Bertz CT molecular complexity index is 1130. The Morgan fingerprint density at radius 3 is 2.45 bits per heavy atom. The number of aryl methyl sites for hydroxylation is 1. The highest BCUT2D eigenvalue weighted by atomic mass is 35.5. The number of nitrogens with one attached hydrogen (secondary N) is 1. The van der Waals surface area contributed by atoms with Crippen LogP contribution in [0.25, 0.3) is 0 Å². The summed E-state index contributed by atoms with van der Waals surface area (Å²) in [5.74, 6) is -0.644. The first-order chi connectivity index (χ1) is 13.7. The van der Waals surface area contributed by atoms with Crippen molar-refractivity contribution in [1.29, 1.82) is 0 Å². The highest BCUT2D eigenvalue weighted by molar-refractivity contribution is 6.35. The van der Waals surface area contributed by atoms with Crippen molar-refractivity contribution >= 4 is 52.1 Å². The number of amides is 1. The van der Waals surface area contributed by atoms with E-state index in [9.17, 15) is 14.9 Å². The largest absolute Gasteiger partial charge is 0.319 e.